The van der Waals surface area contributed by atoms with Gasteiger partial charge in [0.2, 0.25) is 0 Å². The van der Waals surface area contributed by atoms with Crippen LogP contribution >= 0.6 is 0 Å². The van der Waals surface area contributed by atoms with Gasteiger partial charge in [0.05, 0.1) is 11.4 Å². The van der Waals surface area contributed by atoms with Crippen LogP contribution in [0.15, 0.2) is 41.4 Å². The molecule has 0 atom stereocenters. The van der Waals surface area contributed by atoms with E-state index in [4.69, 9.17) is 0 Å². The van der Waals surface area contributed by atoms with Crippen molar-refractivity contribution in [3.8, 4) is 5.75 Å². The van der Waals surface area contributed by atoms with Gasteiger partial charge in [0.15, 0.2) is 0 Å². The van der Waals surface area contributed by atoms with Gasteiger partial charge in [0.25, 0.3) is 0 Å². The maximum atomic E-state index is 12.4. The first kappa shape index (κ1) is 22.7. The van der Waals surface area contributed by atoms with Gasteiger partial charge in [-0.1, -0.05) is 25.1 Å². The molecule has 0 aliphatic heterocycles. The summed E-state index contributed by atoms with van der Waals surface area (Å²) in [5.74, 6) is 0.259. The number of nitrogens with zero attached hydrogens (tertiary/aromatic N) is 1. The molecule has 9 heteroatoms. The normalized spacial score (nSPS) is 12.3. The first-order chi connectivity index (χ1) is 13.6. The molecule has 1 N–H and O–H groups in total. The highest BCUT2D eigenvalue weighted by molar-refractivity contribution is 7.71. The summed E-state index contributed by atoms with van der Waals surface area (Å²) < 4.78 is 64.0. The minimum Gasteiger partial charge on any atom is -0.406 e. The number of hydrogen-bond acceptors (Lipinski definition) is 4. The first-order valence-electron chi connectivity index (χ1n) is 8.95. The zero-order valence-electron chi connectivity index (χ0n) is 16.3. The third kappa shape index (κ3) is 7.08. The molecule has 29 heavy (non-hydrogen) atoms. The predicted octanol–water partition coefficient (Wildman–Crippen LogP) is 4.26. The van der Waals surface area contributed by atoms with Crippen LogP contribution in [0.25, 0.3) is 0 Å². The lowest BCUT2D eigenvalue weighted by atomic mass is 9.97. The molecular weight excluding hydrogens is 405 g/mol. The average molecular weight is 428 g/mol. The van der Waals surface area contributed by atoms with Crippen molar-refractivity contribution in [1.82, 2.24) is 5.32 Å². The summed E-state index contributed by atoms with van der Waals surface area (Å²) in [6.45, 7) is 3.79. The maximum Gasteiger partial charge on any atom is 0.573 e. The second-order valence-corrected chi connectivity index (χ2v) is 7.41. The molecular formula is C20H23F3N2O3S. The lowest BCUT2D eigenvalue weighted by Crippen LogP contribution is -2.17. The smallest absolute Gasteiger partial charge is 0.406 e. The van der Waals surface area contributed by atoms with Gasteiger partial charge in [-0.3, -0.25) is 0 Å². The van der Waals surface area contributed by atoms with Crippen LogP contribution in [-0.4, -0.2) is 27.7 Å². The number of aryl methyl sites for hydroxylation is 1. The Bertz CT molecular complexity index is 956. The number of nitrogens with one attached hydrogen (secondary N) is 1. The van der Waals surface area contributed by atoms with Crippen molar-refractivity contribution in [3.05, 3.63) is 58.7 Å². The molecule has 2 aromatic rings. The zero-order valence-corrected chi connectivity index (χ0v) is 17.2. The van der Waals surface area contributed by atoms with Gasteiger partial charge in [-0.25, -0.2) is 13.4 Å². The summed E-state index contributed by atoms with van der Waals surface area (Å²) in [5.41, 5.74) is 3.40. The van der Waals surface area contributed by atoms with E-state index in [1.54, 1.807) is 25.2 Å². The highest BCUT2D eigenvalue weighted by Crippen LogP contribution is 2.28. The number of benzene rings is 2. The number of amidine groups is 1. The summed E-state index contributed by atoms with van der Waals surface area (Å²) >= 11 is 0. The van der Waals surface area contributed by atoms with E-state index in [2.05, 4.69) is 15.0 Å². The molecule has 0 bridgehead atoms. The van der Waals surface area contributed by atoms with Crippen LogP contribution in [0.2, 0.25) is 0 Å². The molecule has 0 saturated carbocycles. The molecule has 5 nitrogen and oxygen atoms in total. The van der Waals surface area contributed by atoms with Gasteiger partial charge >= 0.3 is 6.36 Å². The topological polar surface area (TPSA) is 67.8 Å². The quantitative estimate of drug-likeness (QED) is 0.393. The van der Waals surface area contributed by atoms with E-state index >= 15 is 0 Å². The van der Waals surface area contributed by atoms with E-state index in [0.29, 0.717) is 29.7 Å². The van der Waals surface area contributed by atoms with Crippen molar-refractivity contribution >= 4 is 22.2 Å². The SMILES string of the molecule is CCC(=Nc1cc(C)c(Cc2cccc(OC(F)(F)F)c2)cc1C[SH](=O)=O)NC. The fourth-order valence-corrected chi connectivity index (χ4v) is 3.41. The van der Waals surface area contributed by atoms with Gasteiger partial charge in [-0.2, -0.15) is 0 Å². The Balaban J connectivity index is 2.41. The molecule has 158 valence electrons. The Morgan fingerprint density at radius 1 is 1.17 bits per heavy atom. The first-order valence-corrected chi connectivity index (χ1v) is 10.3. The molecule has 0 spiro atoms. The van der Waals surface area contributed by atoms with Crippen molar-refractivity contribution < 1.29 is 26.3 Å². The summed E-state index contributed by atoms with van der Waals surface area (Å²) in [7, 11) is -0.920. The third-order valence-corrected chi connectivity index (χ3v) is 4.84. The number of halogens is 3. The monoisotopic (exact) mass is 428 g/mol. The molecule has 0 fully saturated rings. The van der Waals surface area contributed by atoms with Gasteiger partial charge in [0, 0.05) is 13.5 Å². The fourth-order valence-electron chi connectivity index (χ4n) is 2.88. The van der Waals surface area contributed by atoms with E-state index in [1.807, 2.05) is 13.8 Å². The summed E-state index contributed by atoms with van der Waals surface area (Å²) in [6, 6.07) is 9.28. The standard InChI is InChI=1S/C20H23F3N2O3S/c1-4-19(24-3)25-18-8-13(2)15(11-16(18)12-29(26)27)9-14-6-5-7-17(10-14)28-20(21,22)23/h5-8,10-11,29H,4,9,12H2,1-3H3,(H,24,25). The van der Waals surface area contributed by atoms with E-state index in [-0.39, 0.29) is 11.5 Å². The number of hydrogen-bond donors (Lipinski definition) is 2. The van der Waals surface area contributed by atoms with Crippen LogP contribution in [0, 0.1) is 6.92 Å². The van der Waals surface area contributed by atoms with Gasteiger partial charge in [-0.05, 0) is 53.8 Å². The summed E-state index contributed by atoms with van der Waals surface area (Å²) in [4.78, 5) is 4.51. The van der Waals surface area contributed by atoms with Crippen molar-refractivity contribution in [2.75, 3.05) is 7.05 Å². The fraction of sp³-hybridized carbons (Fsp3) is 0.350. The van der Waals surface area contributed by atoms with Crippen molar-refractivity contribution in [2.24, 2.45) is 4.99 Å². The van der Waals surface area contributed by atoms with Crippen LogP contribution in [0.3, 0.4) is 0 Å². The van der Waals surface area contributed by atoms with Crippen molar-refractivity contribution in [2.45, 2.75) is 38.8 Å². The molecule has 0 heterocycles. The van der Waals surface area contributed by atoms with E-state index in [0.717, 1.165) is 17.0 Å². The van der Waals surface area contributed by atoms with Crippen LogP contribution in [0.4, 0.5) is 18.9 Å². The molecule has 0 aliphatic carbocycles. The number of aliphatic imine (C=N–C) groups is 1. The Hall–Kier alpha value is -2.55. The van der Waals surface area contributed by atoms with Gasteiger partial charge in [0.1, 0.15) is 22.3 Å². The maximum absolute atomic E-state index is 12.4. The van der Waals surface area contributed by atoms with Gasteiger partial charge in [-0.15, -0.1) is 13.2 Å². The van der Waals surface area contributed by atoms with Crippen molar-refractivity contribution in [1.29, 1.82) is 0 Å². The molecule has 0 radical (unpaired) electrons. The number of rotatable bonds is 7. The molecule has 2 rings (SSSR count). The van der Waals surface area contributed by atoms with Crippen LogP contribution in [0.5, 0.6) is 5.75 Å². The van der Waals surface area contributed by atoms with E-state index in [1.165, 1.54) is 18.2 Å². The Morgan fingerprint density at radius 2 is 1.90 bits per heavy atom. The molecule has 0 amide bonds. The predicted molar refractivity (Wildman–Crippen MR) is 108 cm³/mol. The van der Waals surface area contributed by atoms with Crippen molar-refractivity contribution in [3.63, 3.8) is 0 Å². The minimum atomic E-state index is -4.76. The number of alkyl halides is 3. The van der Waals surface area contributed by atoms with E-state index < -0.39 is 17.1 Å². The molecule has 0 saturated heterocycles. The number of ether oxygens (including phenoxy) is 1. The van der Waals surface area contributed by atoms with Crippen LogP contribution < -0.4 is 10.1 Å². The zero-order chi connectivity index (χ0) is 21.6. The second-order valence-electron chi connectivity index (χ2n) is 6.43. The third-order valence-electron chi connectivity index (χ3n) is 4.24. The van der Waals surface area contributed by atoms with Gasteiger partial charge < -0.3 is 10.1 Å². The summed E-state index contributed by atoms with van der Waals surface area (Å²) in [6.07, 6.45) is -3.77. The Kier molecular flexibility index (Phi) is 7.66. The van der Waals surface area contributed by atoms with Crippen LogP contribution in [0.1, 0.15) is 35.6 Å². The summed E-state index contributed by atoms with van der Waals surface area (Å²) in [5, 5.41) is 2.97. The molecule has 2 aromatic carbocycles. The number of thiol groups is 1. The molecule has 0 aliphatic rings. The average Bonchev–Trinajstić information content (AvgIpc) is 2.61. The highest BCUT2D eigenvalue weighted by Gasteiger charge is 2.31. The largest absolute Gasteiger partial charge is 0.573 e. The highest BCUT2D eigenvalue weighted by atomic mass is 32.2. The molecule has 0 aromatic heterocycles. The van der Waals surface area contributed by atoms with E-state index in [9.17, 15) is 21.6 Å². The van der Waals surface area contributed by atoms with Crippen LogP contribution in [-0.2, 0) is 22.9 Å². The Morgan fingerprint density at radius 3 is 2.48 bits per heavy atom. The lowest BCUT2D eigenvalue weighted by Gasteiger charge is -2.14. The second kappa shape index (κ2) is 9.78. The minimum absolute atomic E-state index is 0.167. The molecule has 0 unspecified atom stereocenters. The Labute approximate surface area is 169 Å². The lowest BCUT2D eigenvalue weighted by molar-refractivity contribution is -0.274.